The molecule has 3 heterocycles. The van der Waals surface area contributed by atoms with E-state index >= 15 is 0 Å². The van der Waals surface area contributed by atoms with E-state index < -0.39 is 0 Å². The highest BCUT2D eigenvalue weighted by molar-refractivity contribution is 5.97. The molecule has 0 amide bonds. The van der Waals surface area contributed by atoms with Crippen LogP contribution in [0.1, 0.15) is 11.3 Å². The molecule has 2 aromatic heterocycles. The number of aromatic nitrogens is 3. The monoisotopic (exact) mass is 395 g/mol. The van der Waals surface area contributed by atoms with Crippen LogP contribution in [-0.4, -0.2) is 27.4 Å². The van der Waals surface area contributed by atoms with Crippen LogP contribution < -0.4 is 0 Å². The van der Waals surface area contributed by atoms with Crippen LogP contribution in [0.3, 0.4) is 0 Å². The first-order valence-electron chi connectivity index (χ1n) is 9.85. The number of nitrogens with zero attached hydrogens (tertiary/aromatic N) is 3. The molecule has 2 aromatic carbocycles. The van der Waals surface area contributed by atoms with Crippen molar-refractivity contribution >= 4 is 12.0 Å². The molecule has 5 rings (SSSR count). The zero-order valence-electron chi connectivity index (χ0n) is 16.9. The van der Waals surface area contributed by atoms with Gasteiger partial charge in [0.25, 0.3) is 0 Å². The second kappa shape index (κ2) is 7.19. The lowest BCUT2D eigenvalue weighted by molar-refractivity contribution is -0.136. The van der Waals surface area contributed by atoms with E-state index in [9.17, 15) is 4.79 Å². The molecule has 5 heteroatoms. The van der Waals surface area contributed by atoms with Gasteiger partial charge in [0.1, 0.15) is 5.69 Å². The number of ether oxygens (including phenoxy) is 1. The van der Waals surface area contributed by atoms with Crippen molar-refractivity contribution in [1.82, 2.24) is 14.3 Å². The maximum Gasteiger partial charge on any atom is 0.335 e. The Labute approximate surface area is 174 Å². The van der Waals surface area contributed by atoms with E-state index in [1.807, 2.05) is 53.4 Å². The van der Waals surface area contributed by atoms with Crippen LogP contribution in [-0.2, 0) is 16.1 Å². The Bertz CT molecular complexity index is 1260. The van der Waals surface area contributed by atoms with Crippen molar-refractivity contribution < 1.29 is 9.53 Å². The molecule has 1 aliphatic heterocycles. The second-order valence-corrected chi connectivity index (χ2v) is 7.40. The highest BCUT2D eigenvalue weighted by Crippen LogP contribution is 2.39. The molecule has 0 saturated heterocycles. The van der Waals surface area contributed by atoms with Gasteiger partial charge < -0.3 is 9.30 Å². The third-order valence-corrected chi connectivity index (χ3v) is 5.43. The summed E-state index contributed by atoms with van der Waals surface area (Å²) in [5.41, 5.74) is 7.54. The van der Waals surface area contributed by atoms with Crippen LogP contribution in [0.15, 0.2) is 78.5 Å². The fourth-order valence-electron chi connectivity index (χ4n) is 3.92. The summed E-state index contributed by atoms with van der Waals surface area (Å²) in [6.07, 6.45) is 3.89. The summed E-state index contributed by atoms with van der Waals surface area (Å²) in [4.78, 5) is 12.5. The number of rotatable bonds is 3. The normalized spacial score (nSPS) is 12.5. The Kier molecular flexibility index (Phi) is 4.36. The maximum absolute atomic E-state index is 12.5. The number of para-hydroxylation sites is 1. The van der Waals surface area contributed by atoms with Crippen molar-refractivity contribution in [2.45, 2.75) is 13.5 Å². The van der Waals surface area contributed by atoms with E-state index in [-0.39, 0.29) is 5.97 Å². The average Bonchev–Trinajstić information content (AvgIpc) is 3.34. The van der Waals surface area contributed by atoms with Crippen LogP contribution in [0.25, 0.3) is 34.3 Å². The number of carbonyl (C=O) groups excluding carboxylic acids is 1. The molecule has 0 atom stereocenters. The Hall–Kier alpha value is -3.86. The van der Waals surface area contributed by atoms with E-state index in [1.54, 1.807) is 0 Å². The minimum absolute atomic E-state index is 0.333. The smallest absolute Gasteiger partial charge is 0.335 e. The second-order valence-electron chi connectivity index (χ2n) is 7.40. The van der Waals surface area contributed by atoms with E-state index in [1.165, 1.54) is 12.7 Å². The van der Waals surface area contributed by atoms with Gasteiger partial charge >= 0.3 is 5.97 Å². The topological polar surface area (TPSA) is 49.0 Å². The van der Waals surface area contributed by atoms with Gasteiger partial charge in [-0.05, 0) is 37.3 Å². The lowest BCUT2D eigenvalue weighted by Gasteiger charge is -2.09. The van der Waals surface area contributed by atoms with Gasteiger partial charge in [-0.3, -0.25) is 0 Å². The third-order valence-electron chi connectivity index (χ3n) is 5.43. The van der Waals surface area contributed by atoms with Gasteiger partial charge in [0.05, 0.1) is 41.9 Å². The minimum Gasteiger partial charge on any atom is -0.466 e. The van der Waals surface area contributed by atoms with E-state index in [0.717, 1.165) is 33.9 Å². The van der Waals surface area contributed by atoms with Crippen LogP contribution in [0.4, 0.5) is 0 Å². The first-order valence-corrected chi connectivity index (χ1v) is 9.85. The average molecular weight is 395 g/mol. The van der Waals surface area contributed by atoms with Crippen molar-refractivity contribution in [1.29, 1.82) is 0 Å². The van der Waals surface area contributed by atoms with Crippen molar-refractivity contribution in [2.24, 2.45) is 0 Å². The number of benzene rings is 2. The molecular formula is C25H21N3O2. The zero-order chi connectivity index (χ0) is 20.7. The van der Waals surface area contributed by atoms with E-state index in [0.29, 0.717) is 12.1 Å². The molecule has 30 heavy (non-hydrogen) atoms. The molecule has 4 aromatic rings. The summed E-state index contributed by atoms with van der Waals surface area (Å²) in [6, 6.07) is 22.4. The predicted molar refractivity (Wildman–Crippen MR) is 117 cm³/mol. The quantitative estimate of drug-likeness (QED) is 0.464. The lowest BCUT2D eigenvalue weighted by Crippen LogP contribution is -2.11. The molecule has 0 spiro atoms. The molecule has 0 fully saturated rings. The molecule has 0 N–H and O–H groups in total. The van der Waals surface area contributed by atoms with Crippen LogP contribution >= 0.6 is 0 Å². The summed E-state index contributed by atoms with van der Waals surface area (Å²) in [7, 11) is 1.41. The molecule has 0 radical (unpaired) electrons. The van der Waals surface area contributed by atoms with Gasteiger partial charge in [0.2, 0.25) is 0 Å². The standard InChI is InChI=1S/C25H21N3O2/c1-17-10-12-18(13-11-17)24-23-21-9-6-14-27(21)16-19(25(29)30-2)15-22(23)28(26-24)20-7-4-3-5-8-20/h3-15H,16H2,1-2H3. The fourth-order valence-corrected chi connectivity index (χ4v) is 3.92. The molecule has 5 nitrogen and oxygen atoms in total. The van der Waals surface area contributed by atoms with Crippen LogP contribution in [0.5, 0.6) is 0 Å². The summed E-state index contributed by atoms with van der Waals surface area (Å²) in [5, 5.41) is 5.01. The first kappa shape index (κ1) is 18.2. The van der Waals surface area contributed by atoms with Gasteiger partial charge in [0, 0.05) is 11.8 Å². The number of hydrogen-bond donors (Lipinski definition) is 0. The summed E-state index contributed by atoms with van der Waals surface area (Å²) < 4.78 is 9.04. The number of carbonyl (C=O) groups is 1. The largest absolute Gasteiger partial charge is 0.466 e. The highest BCUT2D eigenvalue weighted by atomic mass is 16.5. The zero-order valence-corrected chi connectivity index (χ0v) is 16.9. The van der Waals surface area contributed by atoms with Crippen molar-refractivity contribution in [2.75, 3.05) is 7.11 Å². The number of esters is 1. The molecule has 148 valence electrons. The molecule has 0 unspecified atom stereocenters. The summed E-state index contributed by atoms with van der Waals surface area (Å²) in [6.45, 7) is 2.52. The molecule has 0 bridgehead atoms. The number of fused-ring (bicyclic) bond motifs is 3. The Morgan fingerprint density at radius 3 is 2.50 bits per heavy atom. The van der Waals surface area contributed by atoms with Crippen molar-refractivity contribution in [3.63, 3.8) is 0 Å². The SMILES string of the molecule is COC(=O)C1=Cc2c(c(-c3ccc(C)cc3)nn2-c2ccccc2)-c2cccn2C1. The third kappa shape index (κ3) is 2.95. The van der Waals surface area contributed by atoms with Gasteiger partial charge in [-0.1, -0.05) is 48.0 Å². The molecule has 1 aliphatic rings. The van der Waals surface area contributed by atoms with Gasteiger partial charge in [-0.25, -0.2) is 9.48 Å². The highest BCUT2D eigenvalue weighted by Gasteiger charge is 2.27. The summed E-state index contributed by atoms with van der Waals surface area (Å²) >= 11 is 0. The van der Waals surface area contributed by atoms with E-state index in [2.05, 4.69) is 41.8 Å². The number of hydrogen-bond acceptors (Lipinski definition) is 3. The Morgan fingerprint density at radius 2 is 1.77 bits per heavy atom. The number of methoxy groups -OCH3 is 1. The van der Waals surface area contributed by atoms with Crippen LogP contribution in [0.2, 0.25) is 0 Å². The van der Waals surface area contributed by atoms with Crippen molar-refractivity contribution in [3.8, 4) is 28.2 Å². The van der Waals surface area contributed by atoms with Gasteiger partial charge in [-0.2, -0.15) is 5.10 Å². The lowest BCUT2D eigenvalue weighted by atomic mass is 10.0. The molecule has 0 saturated carbocycles. The fraction of sp³-hybridized carbons (Fsp3) is 0.120. The van der Waals surface area contributed by atoms with E-state index in [4.69, 9.17) is 9.84 Å². The van der Waals surface area contributed by atoms with Gasteiger partial charge in [0.15, 0.2) is 0 Å². The Balaban J connectivity index is 1.85. The predicted octanol–water partition coefficient (Wildman–Crippen LogP) is 4.89. The maximum atomic E-state index is 12.5. The van der Waals surface area contributed by atoms with Crippen LogP contribution in [0, 0.1) is 6.92 Å². The first-order chi connectivity index (χ1) is 14.7. The van der Waals surface area contributed by atoms with Crippen molar-refractivity contribution in [3.05, 3.63) is 89.8 Å². The molecule has 0 aliphatic carbocycles. The molecular weight excluding hydrogens is 374 g/mol. The summed E-state index contributed by atoms with van der Waals surface area (Å²) in [5.74, 6) is -0.333. The Morgan fingerprint density at radius 1 is 1.00 bits per heavy atom. The van der Waals surface area contributed by atoms with Gasteiger partial charge in [-0.15, -0.1) is 0 Å². The number of aryl methyl sites for hydroxylation is 1. The minimum atomic E-state index is -0.333.